The number of amides is 1. The van der Waals surface area contributed by atoms with Crippen LogP contribution in [-0.4, -0.2) is 23.8 Å². The van der Waals surface area contributed by atoms with Crippen LogP contribution in [-0.2, 0) is 6.54 Å². The Bertz CT molecular complexity index is 1040. The molecular weight excluding hydrogens is 453 g/mol. The van der Waals surface area contributed by atoms with E-state index >= 15 is 0 Å². The number of rotatable bonds is 6. The summed E-state index contributed by atoms with van der Waals surface area (Å²) in [5.41, 5.74) is 6.26. The maximum Gasteiger partial charge on any atom is 0.271 e. The fourth-order valence-corrected chi connectivity index (χ4v) is 3.56. The molecule has 0 radical (unpaired) electrons. The van der Waals surface area contributed by atoms with E-state index in [0.29, 0.717) is 11.3 Å². The smallest absolute Gasteiger partial charge is 0.271 e. The number of carbonyl (C=O) groups excluding carboxylic acids is 1. The van der Waals surface area contributed by atoms with Gasteiger partial charge in [0, 0.05) is 34.3 Å². The zero-order chi connectivity index (χ0) is 19.4. The van der Waals surface area contributed by atoms with E-state index in [2.05, 4.69) is 56.4 Å². The van der Waals surface area contributed by atoms with Crippen molar-refractivity contribution in [3.63, 3.8) is 0 Å². The summed E-state index contributed by atoms with van der Waals surface area (Å²) < 4.78 is 8.38. The van der Waals surface area contributed by atoms with Crippen LogP contribution in [0, 0.1) is 10.5 Å². The third-order valence-corrected chi connectivity index (χ3v) is 5.26. The average Bonchev–Trinajstić information content (AvgIpc) is 2.94. The molecule has 138 valence electrons. The van der Waals surface area contributed by atoms with Crippen molar-refractivity contribution in [1.29, 1.82) is 0 Å². The normalized spacial score (nSPS) is 11.1. The van der Waals surface area contributed by atoms with Gasteiger partial charge in [0.1, 0.15) is 5.75 Å². The van der Waals surface area contributed by atoms with E-state index in [0.717, 1.165) is 32.3 Å². The van der Waals surface area contributed by atoms with Gasteiger partial charge < -0.3 is 9.30 Å². The molecular formula is C21H20IN3O2. The summed E-state index contributed by atoms with van der Waals surface area (Å²) in [6, 6.07) is 13.4. The van der Waals surface area contributed by atoms with Crippen molar-refractivity contribution in [2.24, 2.45) is 5.10 Å². The van der Waals surface area contributed by atoms with Crippen molar-refractivity contribution in [1.82, 2.24) is 9.99 Å². The molecule has 0 saturated heterocycles. The highest BCUT2D eigenvalue weighted by molar-refractivity contribution is 14.1. The van der Waals surface area contributed by atoms with Crippen molar-refractivity contribution in [2.75, 3.05) is 7.11 Å². The fraction of sp³-hybridized carbons (Fsp3) is 0.143. The van der Waals surface area contributed by atoms with Crippen LogP contribution in [0.25, 0.3) is 10.9 Å². The average molecular weight is 473 g/mol. The number of nitrogens with one attached hydrogen (secondary N) is 1. The number of hydrazone groups is 1. The third-order valence-electron chi connectivity index (χ3n) is 4.36. The van der Waals surface area contributed by atoms with Crippen molar-refractivity contribution in [3.05, 3.63) is 75.5 Å². The van der Waals surface area contributed by atoms with Gasteiger partial charge in [-0.15, -0.1) is 6.58 Å². The number of carbonyl (C=O) groups is 1. The molecule has 0 aliphatic carbocycles. The summed E-state index contributed by atoms with van der Waals surface area (Å²) in [5, 5.41) is 5.26. The molecule has 0 aliphatic heterocycles. The van der Waals surface area contributed by atoms with Crippen molar-refractivity contribution in [2.45, 2.75) is 13.5 Å². The molecule has 0 unspecified atom stereocenters. The van der Waals surface area contributed by atoms with E-state index in [4.69, 9.17) is 4.74 Å². The van der Waals surface area contributed by atoms with Gasteiger partial charge >= 0.3 is 0 Å². The number of hydrogen-bond donors (Lipinski definition) is 1. The Kier molecular flexibility index (Phi) is 5.95. The Labute approximate surface area is 171 Å². The number of hydrogen-bond acceptors (Lipinski definition) is 3. The number of halogens is 1. The van der Waals surface area contributed by atoms with E-state index in [1.54, 1.807) is 25.5 Å². The highest BCUT2D eigenvalue weighted by atomic mass is 127. The van der Waals surface area contributed by atoms with Crippen LogP contribution in [0.4, 0.5) is 0 Å². The molecule has 3 aromatic rings. The standard InChI is InChI=1S/C21H20IN3O2/c1-4-11-25-14(2)17(16-7-5-6-8-19(16)25)13-23-24-21(26)15-9-10-18(22)20(12-15)27-3/h4-10,12-13H,1,11H2,2-3H3,(H,24,26)/b23-13-. The second-order valence-electron chi connectivity index (χ2n) is 5.96. The summed E-state index contributed by atoms with van der Waals surface area (Å²) in [7, 11) is 1.58. The monoisotopic (exact) mass is 473 g/mol. The number of fused-ring (bicyclic) bond motifs is 1. The van der Waals surface area contributed by atoms with Gasteiger partial charge in [-0.05, 0) is 53.8 Å². The van der Waals surface area contributed by atoms with Gasteiger partial charge in [0.05, 0.1) is 16.9 Å². The summed E-state index contributed by atoms with van der Waals surface area (Å²) in [5.74, 6) is 0.379. The largest absolute Gasteiger partial charge is 0.496 e. The van der Waals surface area contributed by atoms with Gasteiger partial charge in [-0.25, -0.2) is 5.43 Å². The highest BCUT2D eigenvalue weighted by Crippen LogP contribution is 2.25. The van der Waals surface area contributed by atoms with Crippen LogP contribution in [0.5, 0.6) is 5.75 Å². The van der Waals surface area contributed by atoms with Gasteiger partial charge in [0.25, 0.3) is 5.91 Å². The van der Waals surface area contributed by atoms with Crippen LogP contribution >= 0.6 is 22.6 Å². The van der Waals surface area contributed by atoms with Crippen molar-refractivity contribution in [3.8, 4) is 5.75 Å². The van der Waals surface area contributed by atoms with Crippen molar-refractivity contribution < 1.29 is 9.53 Å². The minimum Gasteiger partial charge on any atom is -0.496 e. The molecule has 1 amide bonds. The zero-order valence-corrected chi connectivity index (χ0v) is 17.4. The topological polar surface area (TPSA) is 55.6 Å². The van der Waals surface area contributed by atoms with Gasteiger partial charge in [-0.1, -0.05) is 24.3 Å². The minimum atomic E-state index is -0.284. The lowest BCUT2D eigenvalue weighted by Gasteiger charge is -2.05. The highest BCUT2D eigenvalue weighted by Gasteiger charge is 2.12. The number of para-hydroxylation sites is 1. The number of benzene rings is 2. The Hall–Kier alpha value is -2.61. The Morgan fingerprint density at radius 1 is 1.33 bits per heavy atom. The van der Waals surface area contributed by atoms with Crippen LogP contribution in [0.1, 0.15) is 21.6 Å². The van der Waals surface area contributed by atoms with Crippen molar-refractivity contribution >= 4 is 45.6 Å². The van der Waals surface area contributed by atoms with Crippen LogP contribution < -0.4 is 10.2 Å². The van der Waals surface area contributed by atoms with E-state index in [1.165, 1.54) is 0 Å². The molecule has 0 atom stereocenters. The Morgan fingerprint density at radius 2 is 2.11 bits per heavy atom. The summed E-state index contributed by atoms with van der Waals surface area (Å²) in [4.78, 5) is 12.4. The van der Waals surface area contributed by atoms with Gasteiger partial charge in [-0.2, -0.15) is 5.10 Å². The van der Waals surface area contributed by atoms with E-state index < -0.39 is 0 Å². The van der Waals surface area contributed by atoms with Gasteiger partial charge in [0.15, 0.2) is 0 Å². The molecule has 1 aromatic heterocycles. The van der Waals surface area contributed by atoms with Crippen LogP contribution in [0.2, 0.25) is 0 Å². The number of allylic oxidation sites excluding steroid dienone is 1. The third kappa shape index (κ3) is 3.90. The van der Waals surface area contributed by atoms with Crippen LogP contribution in [0.15, 0.2) is 60.2 Å². The quantitative estimate of drug-likeness (QED) is 0.248. The minimum absolute atomic E-state index is 0.284. The predicted octanol–water partition coefficient (Wildman–Crippen LogP) is 4.51. The van der Waals surface area contributed by atoms with E-state index in [9.17, 15) is 4.79 Å². The molecule has 2 aromatic carbocycles. The number of methoxy groups -OCH3 is 1. The lowest BCUT2D eigenvalue weighted by Crippen LogP contribution is -2.17. The first-order valence-electron chi connectivity index (χ1n) is 8.42. The molecule has 6 heteroatoms. The second-order valence-corrected chi connectivity index (χ2v) is 7.13. The SMILES string of the molecule is C=CCn1c(C)c(/C=N\NC(=O)c2ccc(I)c(OC)c2)c2ccccc21. The second kappa shape index (κ2) is 8.39. The molecule has 0 saturated carbocycles. The maximum atomic E-state index is 12.4. The first-order chi connectivity index (χ1) is 13.1. The zero-order valence-electron chi connectivity index (χ0n) is 15.2. The van der Waals surface area contributed by atoms with E-state index in [1.807, 2.05) is 31.2 Å². The number of ether oxygens (including phenoxy) is 1. The molecule has 1 heterocycles. The molecule has 0 aliphatic rings. The molecule has 0 spiro atoms. The lowest BCUT2D eigenvalue weighted by atomic mass is 10.1. The van der Waals surface area contributed by atoms with Crippen LogP contribution in [0.3, 0.4) is 0 Å². The first kappa shape index (κ1) is 19.2. The Morgan fingerprint density at radius 3 is 2.85 bits per heavy atom. The van der Waals surface area contributed by atoms with E-state index in [-0.39, 0.29) is 5.91 Å². The fourth-order valence-electron chi connectivity index (χ4n) is 3.01. The molecule has 0 fully saturated rings. The molecule has 0 bridgehead atoms. The Balaban J connectivity index is 1.85. The number of aromatic nitrogens is 1. The molecule has 5 nitrogen and oxygen atoms in total. The summed E-state index contributed by atoms with van der Waals surface area (Å²) in [6.07, 6.45) is 3.56. The first-order valence-corrected chi connectivity index (χ1v) is 9.50. The van der Waals surface area contributed by atoms with Gasteiger partial charge in [0.2, 0.25) is 0 Å². The summed E-state index contributed by atoms with van der Waals surface area (Å²) in [6.45, 7) is 6.59. The lowest BCUT2D eigenvalue weighted by molar-refractivity contribution is 0.0954. The maximum absolute atomic E-state index is 12.4. The molecule has 1 N–H and O–H groups in total. The molecule has 27 heavy (non-hydrogen) atoms. The van der Waals surface area contributed by atoms with Gasteiger partial charge in [-0.3, -0.25) is 4.79 Å². The molecule has 3 rings (SSSR count). The summed E-state index contributed by atoms with van der Waals surface area (Å²) >= 11 is 2.16. The predicted molar refractivity (Wildman–Crippen MR) is 118 cm³/mol. The number of nitrogens with zero attached hydrogens (tertiary/aromatic N) is 2.